The van der Waals surface area contributed by atoms with Crippen LogP contribution in [0.25, 0.3) is 11.1 Å². The molecule has 1 aliphatic carbocycles. The molecule has 3 heterocycles. The number of amides is 1. The Morgan fingerprint density at radius 1 is 1.23 bits per heavy atom. The Morgan fingerprint density at radius 2 is 2.03 bits per heavy atom. The Bertz CT molecular complexity index is 984. The van der Waals surface area contributed by atoms with Crippen LogP contribution in [0.4, 0.5) is 0 Å². The summed E-state index contributed by atoms with van der Waals surface area (Å²) in [7, 11) is 0. The molecule has 1 aromatic carbocycles. The molecule has 2 aromatic rings. The fraction of sp³-hybridized carbons (Fsp3) is 0.500. The molecule has 3 fully saturated rings. The lowest BCUT2D eigenvalue weighted by Gasteiger charge is -2.33. The molecular formula is C24H26ClN3O3. The molecule has 31 heavy (non-hydrogen) atoms. The normalized spacial score (nSPS) is 27.5. The molecule has 4 atom stereocenters. The number of benzene rings is 1. The van der Waals surface area contributed by atoms with Gasteiger partial charge in [0.15, 0.2) is 5.78 Å². The first kappa shape index (κ1) is 20.7. The lowest BCUT2D eigenvalue weighted by molar-refractivity contribution is -0.141. The molecule has 0 bridgehead atoms. The maximum Gasteiger partial charge on any atom is 0.248 e. The molecule has 0 unspecified atom stereocenters. The van der Waals surface area contributed by atoms with Crippen LogP contribution in [-0.2, 0) is 14.3 Å². The van der Waals surface area contributed by atoms with Gasteiger partial charge in [0.2, 0.25) is 5.91 Å². The second-order valence-electron chi connectivity index (χ2n) is 8.87. The number of fused-ring (bicyclic) bond motifs is 1. The Labute approximate surface area is 187 Å². The third kappa shape index (κ3) is 3.80. The van der Waals surface area contributed by atoms with Crippen LogP contribution in [0.5, 0.6) is 0 Å². The van der Waals surface area contributed by atoms with Crippen LogP contribution in [0.1, 0.15) is 43.7 Å². The minimum absolute atomic E-state index is 0.0256. The molecule has 162 valence electrons. The van der Waals surface area contributed by atoms with Gasteiger partial charge < -0.3 is 9.64 Å². The largest absolute Gasteiger partial charge is 0.366 e. The monoisotopic (exact) mass is 439 g/mol. The third-order valence-electron chi connectivity index (χ3n) is 6.86. The van der Waals surface area contributed by atoms with Crippen LogP contribution in [0.3, 0.4) is 0 Å². The first-order valence-corrected chi connectivity index (χ1v) is 11.5. The number of carbonyl (C=O) groups is 2. The summed E-state index contributed by atoms with van der Waals surface area (Å²) in [6.45, 7) is 6.29. The van der Waals surface area contributed by atoms with Gasteiger partial charge in [-0.1, -0.05) is 43.5 Å². The average Bonchev–Trinajstić information content (AvgIpc) is 3.48. The summed E-state index contributed by atoms with van der Waals surface area (Å²) in [5.41, 5.74) is 2.55. The van der Waals surface area contributed by atoms with Crippen molar-refractivity contribution in [3.05, 3.63) is 49.1 Å². The van der Waals surface area contributed by atoms with Gasteiger partial charge in [-0.05, 0) is 36.8 Å². The van der Waals surface area contributed by atoms with E-state index in [2.05, 4.69) is 5.10 Å². The molecule has 1 saturated carbocycles. The Hall–Kier alpha value is -2.18. The van der Waals surface area contributed by atoms with E-state index in [1.165, 1.54) is 6.42 Å². The molecular weight excluding hydrogens is 414 g/mol. The second-order valence-corrected chi connectivity index (χ2v) is 9.43. The van der Waals surface area contributed by atoms with Gasteiger partial charge in [-0.3, -0.25) is 14.3 Å². The molecule has 7 heteroatoms. The highest BCUT2D eigenvalue weighted by Gasteiger charge is 2.53. The predicted molar refractivity (Wildman–Crippen MR) is 117 cm³/mol. The number of rotatable bonds is 4. The third-order valence-corrected chi connectivity index (χ3v) is 7.25. The quantitative estimate of drug-likeness (QED) is 0.684. The van der Waals surface area contributed by atoms with Gasteiger partial charge in [0.05, 0.1) is 11.6 Å². The van der Waals surface area contributed by atoms with E-state index in [4.69, 9.17) is 23.3 Å². The number of hydrogen-bond donors (Lipinski definition) is 0. The Balaban J connectivity index is 1.48. The van der Waals surface area contributed by atoms with Crippen LogP contribution in [-0.4, -0.2) is 57.0 Å². The number of ketones is 1. The maximum atomic E-state index is 13.9. The lowest BCUT2D eigenvalue weighted by atomic mass is 9.83. The fourth-order valence-electron chi connectivity index (χ4n) is 5.33. The molecule has 2 aliphatic heterocycles. The van der Waals surface area contributed by atoms with Gasteiger partial charge in [0, 0.05) is 18.3 Å². The van der Waals surface area contributed by atoms with Crippen molar-refractivity contribution in [1.82, 2.24) is 14.7 Å². The van der Waals surface area contributed by atoms with Crippen LogP contribution in [0.15, 0.2) is 36.7 Å². The van der Waals surface area contributed by atoms with Crippen molar-refractivity contribution >= 4 is 23.3 Å². The van der Waals surface area contributed by atoms with Crippen molar-refractivity contribution in [1.29, 1.82) is 0 Å². The fourth-order valence-corrected chi connectivity index (χ4v) is 5.69. The number of nitrogens with zero attached hydrogens (tertiary/aromatic N) is 3. The number of Topliss-reactive ketones (excluding diaryl/α,β-unsaturated/α-hetero) is 1. The summed E-state index contributed by atoms with van der Waals surface area (Å²) in [4.78, 5) is 28.0. The highest BCUT2D eigenvalue weighted by molar-refractivity contribution is 6.22. The van der Waals surface area contributed by atoms with E-state index in [1.54, 1.807) is 15.8 Å². The first-order valence-electron chi connectivity index (χ1n) is 11.0. The molecule has 5 rings (SSSR count). The summed E-state index contributed by atoms with van der Waals surface area (Å²) in [6.07, 6.45) is 8.62. The summed E-state index contributed by atoms with van der Waals surface area (Å²) in [5, 5.41) is 4.23. The van der Waals surface area contributed by atoms with Crippen molar-refractivity contribution in [3.8, 4) is 11.1 Å². The number of alkyl halides is 1. The number of likely N-dealkylation sites (tertiary alicyclic amines) is 1. The van der Waals surface area contributed by atoms with Crippen molar-refractivity contribution in [2.75, 3.05) is 13.2 Å². The number of ether oxygens (including phenoxy) is 1. The van der Waals surface area contributed by atoms with Gasteiger partial charge in [-0.25, -0.2) is 0 Å². The molecule has 3 aliphatic rings. The van der Waals surface area contributed by atoms with Crippen molar-refractivity contribution in [3.63, 3.8) is 0 Å². The van der Waals surface area contributed by atoms with E-state index in [0.717, 1.165) is 36.8 Å². The van der Waals surface area contributed by atoms with Gasteiger partial charge in [-0.2, -0.15) is 5.10 Å². The van der Waals surface area contributed by atoms with E-state index in [0.29, 0.717) is 12.1 Å². The second kappa shape index (κ2) is 8.40. The van der Waals surface area contributed by atoms with Crippen LogP contribution >= 0.6 is 11.6 Å². The van der Waals surface area contributed by atoms with Crippen LogP contribution in [0, 0.1) is 12.8 Å². The minimum Gasteiger partial charge on any atom is -0.366 e. The summed E-state index contributed by atoms with van der Waals surface area (Å²) < 4.78 is 7.36. The molecule has 6 nitrogen and oxygen atoms in total. The highest BCUT2D eigenvalue weighted by Crippen LogP contribution is 2.38. The predicted octanol–water partition coefficient (Wildman–Crippen LogP) is 3.52. The first-order chi connectivity index (χ1) is 15.0. The zero-order chi connectivity index (χ0) is 21.5. The molecule has 0 spiro atoms. The SMILES string of the molecule is [CH]c1cccc(-c2cnn([C@H](C(=O)N3C[C@H](Cl)[C@H]4OCC(=O)[C@H]43)C3CCCCC3)c2)c1. The average molecular weight is 440 g/mol. The van der Waals surface area contributed by atoms with Crippen molar-refractivity contribution < 1.29 is 14.3 Å². The van der Waals surface area contributed by atoms with Crippen LogP contribution < -0.4 is 0 Å². The van der Waals surface area contributed by atoms with Crippen LogP contribution in [0.2, 0.25) is 0 Å². The van der Waals surface area contributed by atoms with E-state index in [-0.39, 0.29) is 29.6 Å². The molecule has 2 radical (unpaired) electrons. The van der Waals surface area contributed by atoms with E-state index in [9.17, 15) is 9.59 Å². The van der Waals surface area contributed by atoms with E-state index < -0.39 is 18.2 Å². The molecule has 1 aromatic heterocycles. The van der Waals surface area contributed by atoms with E-state index >= 15 is 0 Å². The smallest absolute Gasteiger partial charge is 0.248 e. The van der Waals surface area contributed by atoms with Gasteiger partial charge in [-0.15, -0.1) is 11.6 Å². The lowest BCUT2D eigenvalue weighted by Crippen LogP contribution is -2.47. The number of halogens is 1. The summed E-state index contributed by atoms with van der Waals surface area (Å²) in [6, 6.07) is 6.59. The summed E-state index contributed by atoms with van der Waals surface area (Å²) in [5.74, 6) is 0.0380. The summed E-state index contributed by atoms with van der Waals surface area (Å²) >= 11 is 6.45. The van der Waals surface area contributed by atoms with Gasteiger partial charge in [0.1, 0.15) is 24.8 Å². The van der Waals surface area contributed by atoms with Gasteiger partial charge >= 0.3 is 0 Å². The standard InChI is InChI=1S/C24H26ClN3O3/c1-15-6-5-9-17(10-15)18-11-26-28(12-18)21(16-7-3-2-4-8-16)24(30)27-13-19(25)23-22(27)20(29)14-31-23/h1,5-6,9-12,16,19,21-23H,2-4,7-8,13-14H2/t19-,21-,22+,23+/m0/s1. The molecule has 1 amide bonds. The number of carbonyl (C=O) groups excluding carboxylic acids is 2. The van der Waals surface area contributed by atoms with E-state index in [1.807, 2.05) is 30.5 Å². The maximum absolute atomic E-state index is 13.9. The number of aromatic nitrogens is 2. The minimum atomic E-state index is -0.579. The molecule has 0 N–H and O–H groups in total. The van der Waals surface area contributed by atoms with Crippen molar-refractivity contribution in [2.24, 2.45) is 5.92 Å². The zero-order valence-electron chi connectivity index (χ0n) is 17.3. The Morgan fingerprint density at radius 3 is 2.81 bits per heavy atom. The highest BCUT2D eigenvalue weighted by atomic mass is 35.5. The zero-order valence-corrected chi connectivity index (χ0v) is 18.1. The van der Waals surface area contributed by atoms with Crippen molar-refractivity contribution in [2.45, 2.75) is 55.7 Å². The topological polar surface area (TPSA) is 64.4 Å². The number of hydrogen-bond acceptors (Lipinski definition) is 4. The van der Waals surface area contributed by atoms with Gasteiger partial charge in [0.25, 0.3) is 0 Å². The Kier molecular flexibility index (Phi) is 5.61. The molecule has 2 saturated heterocycles.